The van der Waals surface area contributed by atoms with Crippen molar-refractivity contribution < 1.29 is 0 Å². The van der Waals surface area contributed by atoms with Crippen molar-refractivity contribution >= 4 is 15.9 Å². The van der Waals surface area contributed by atoms with Crippen LogP contribution in [0, 0.1) is 0 Å². The minimum atomic E-state index is 0.405. The van der Waals surface area contributed by atoms with Crippen LogP contribution >= 0.6 is 15.9 Å². The summed E-state index contributed by atoms with van der Waals surface area (Å²) in [6.45, 7) is 4.83. The largest absolute Gasteiger partial charge is 0.308 e. The first-order valence-corrected chi connectivity index (χ1v) is 6.22. The lowest BCUT2D eigenvalue weighted by molar-refractivity contribution is 0.563. The number of nitrogens with zero attached hydrogens (tertiary/aromatic N) is 4. The van der Waals surface area contributed by atoms with Crippen molar-refractivity contribution in [1.29, 1.82) is 0 Å². The van der Waals surface area contributed by atoms with E-state index in [9.17, 15) is 0 Å². The zero-order chi connectivity index (χ0) is 12.3. The minimum Gasteiger partial charge on any atom is -0.308 e. The number of rotatable bonds is 4. The summed E-state index contributed by atoms with van der Waals surface area (Å²) in [6.07, 6.45) is 0. The molecule has 90 valence electrons. The van der Waals surface area contributed by atoms with Crippen LogP contribution in [0.2, 0.25) is 0 Å². The molecule has 1 heterocycles. The summed E-state index contributed by atoms with van der Waals surface area (Å²) in [6, 6.07) is 8.29. The molecule has 1 aromatic heterocycles. The molecule has 0 atom stereocenters. The summed E-state index contributed by atoms with van der Waals surface area (Å²) < 4.78 is 2.74. The third kappa shape index (κ3) is 3.10. The second-order valence-corrected chi connectivity index (χ2v) is 4.94. The van der Waals surface area contributed by atoms with Crippen LogP contribution < -0.4 is 5.32 Å². The Morgan fingerprint density at radius 2 is 2.24 bits per heavy atom. The van der Waals surface area contributed by atoms with Gasteiger partial charge < -0.3 is 5.32 Å². The van der Waals surface area contributed by atoms with Crippen LogP contribution in [0.5, 0.6) is 0 Å². The molecule has 0 unspecified atom stereocenters. The maximum absolute atomic E-state index is 4.02. The van der Waals surface area contributed by atoms with Gasteiger partial charge in [-0.1, -0.05) is 35.8 Å². The normalized spacial score (nSPS) is 11.1. The van der Waals surface area contributed by atoms with Crippen molar-refractivity contribution in [3.05, 3.63) is 34.6 Å². The highest BCUT2D eigenvalue weighted by Crippen LogP contribution is 2.15. The summed E-state index contributed by atoms with van der Waals surface area (Å²) >= 11 is 3.44. The third-order valence-electron chi connectivity index (χ3n) is 2.26. The summed E-state index contributed by atoms with van der Waals surface area (Å²) in [5, 5.41) is 15.0. The molecule has 17 heavy (non-hydrogen) atoms. The van der Waals surface area contributed by atoms with Gasteiger partial charge in [0.25, 0.3) is 0 Å². The number of halogens is 1. The molecule has 0 bridgehead atoms. The van der Waals surface area contributed by atoms with E-state index in [-0.39, 0.29) is 0 Å². The quantitative estimate of drug-likeness (QED) is 0.936. The van der Waals surface area contributed by atoms with Gasteiger partial charge >= 0.3 is 0 Å². The van der Waals surface area contributed by atoms with Gasteiger partial charge in [0.1, 0.15) is 0 Å². The van der Waals surface area contributed by atoms with E-state index in [1.807, 2.05) is 24.3 Å². The molecule has 0 fully saturated rings. The van der Waals surface area contributed by atoms with Crippen LogP contribution in [0.15, 0.2) is 28.7 Å². The second-order valence-electron chi connectivity index (χ2n) is 4.02. The number of tetrazole rings is 1. The molecule has 2 rings (SSSR count). The molecule has 0 aliphatic heterocycles. The lowest BCUT2D eigenvalue weighted by atomic mass is 10.3. The number of aromatic nitrogens is 4. The number of benzene rings is 1. The van der Waals surface area contributed by atoms with Gasteiger partial charge in [0, 0.05) is 10.5 Å². The van der Waals surface area contributed by atoms with Crippen LogP contribution in [-0.2, 0) is 6.54 Å². The molecule has 1 N–H and O–H groups in total. The van der Waals surface area contributed by atoms with E-state index < -0.39 is 0 Å². The highest BCUT2D eigenvalue weighted by atomic mass is 79.9. The van der Waals surface area contributed by atoms with E-state index in [0.29, 0.717) is 12.6 Å². The molecule has 5 nitrogen and oxygen atoms in total. The minimum absolute atomic E-state index is 0.405. The first kappa shape index (κ1) is 12.2. The molecule has 0 saturated carbocycles. The van der Waals surface area contributed by atoms with Crippen molar-refractivity contribution in [1.82, 2.24) is 25.5 Å². The van der Waals surface area contributed by atoms with Gasteiger partial charge in [-0.25, -0.2) is 0 Å². The Hall–Kier alpha value is -1.27. The molecule has 0 spiro atoms. The van der Waals surface area contributed by atoms with Crippen molar-refractivity contribution in [3.63, 3.8) is 0 Å². The maximum atomic E-state index is 4.02. The summed E-state index contributed by atoms with van der Waals surface area (Å²) in [7, 11) is 0. The summed E-state index contributed by atoms with van der Waals surface area (Å²) in [5.74, 6) is 0.803. The molecule has 1 aromatic carbocycles. The molecule has 0 radical (unpaired) electrons. The average Bonchev–Trinajstić information content (AvgIpc) is 2.74. The fraction of sp³-hybridized carbons (Fsp3) is 0.364. The van der Waals surface area contributed by atoms with E-state index in [2.05, 4.69) is 50.6 Å². The van der Waals surface area contributed by atoms with Crippen molar-refractivity contribution in [2.75, 3.05) is 0 Å². The summed E-state index contributed by atoms with van der Waals surface area (Å²) in [5.41, 5.74) is 0.949. The van der Waals surface area contributed by atoms with E-state index in [0.717, 1.165) is 16.0 Å². The van der Waals surface area contributed by atoms with Crippen LogP contribution in [0.25, 0.3) is 5.69 Å². The molecule has 0 aliphatic carbocycles. The number of hydrogen-bond donors (Lipinski definition) is 1. The molecular weight excluding hydrogens is 282 g/mol. The van der Waals surface area contributed by atoms with E-state index in [1.165, 1.54) is 0 Å². The second kappa shape index (κ2) is 5.37. The predicted octanol–water partition coefficient (Wildman–Crippen LogP) is 1.92. The highest BCUT2D eigenvalue weighted by molar-refractivity contribution is 9.10. The Bertz CT molecular complexity index is 494. The van der Waals surface area contributed by atoms with Gasteiger partial charge in [0.2, 0.25) is 0 Å². The zero-order valence-electron chi connectivity index (χ0n) is 9.76. The Kier molecular flexibility index (Phi) is 3.86. The Balaban J connectivity index is 2.24. The fourth-order valence-electron chi connectivity index (χ4n) is 1.42. The Morgan fingerprint density at radius 1 is 1.41 bits per heavy atom. The van der Waals surface area contributed by atoms with Gasteiger partial charge in [0.05, 0.1) is 12.2 Å². The molecule has 0 saturated heterocycles. The van der Waals surface area contributed by atoms with Crippen molar-refractivity contribution in [3.8, 4) is 5.69 Å². The first-order valence-electron chi connectivity index (χ1n) is 5.43. The van der Waals surface area contributed by atoms with Crippen LogP contribution in [0.1, 0.15) is 19.7 Å². The van der Waals surface area contributed by atoms with Crippen molar-refractivity contribution in [2.45, 2.75) is 26.4 Å². The maximum Gasteiger partial charge on any atom is 0.170 e. The highest BCUT2D eigenvalue weighted by Gasteiger charge is 2.08. The lowest BCUT2D eigenvalue weighted by Crippen LogP contribution is -2.24. The van der Waals surface area contributed by atoms with Gasteiger partial charge in [-0.2, -0.15) is 4.68 Å². The number of hydrogen-bond acceptors (Lipinski definition) is 4. The third-order valence-corrected chi connectivity index (χ3v) is 2.75. The topological polar surface area (TPSA) is 55.6 Å². The lowest BCUT2D eigenvalue weighted by Gasteiger charge is -2.08. The zero-order valence-corrected chi connectivity index (χ0v) is 11.3. The number of nitrogens with one attached hydrogen (secondary N) is 1. The van der Waals surface area contributed by atoms with E-state index in [4.69, 9.17) is 0 Å². The molecule has 2 aromatic rings. The molecule has 0 aliphatic rings. The van der Waals surface area contributed by atoms with Crippen LogP contribution in [-0.4, -0.2) is 26.2 Å². The van der Waals surface area contributed by atoms with E-state index >= 15 is 0 Å². The summed E-state index contributed by atoms with van der Waals surface area (Å²) in [4.78, 5) is 0. The Labute approximate surface area is 108 Å². The van der Waals surface area contributed by atoms with Crippen molar-refractivity contribution in [2.24, 2.45) is 0 Å². The van der Waals surface area contributed by atoms with Gasteiger partial charge in [-0.05, 0) is 28.6 Å². The Morgan fingerprint density at radius 3 is 2.94 bits per heavy atom. The van der Waals surface area contributed by atoms with E-state index in [1.54, 1.807) is 4.68 Å². The van der Waals surface area contributed by atoms with Gasteiger partial charge in [0.15, 0.2) is 5.82 Å². The molecular formula is C11H14BrN5. The smallest absolute Gasteiger partial charge is 0.170 e. The standard InChI is InChI=1S/C11H14BrN5/c1-8(2)13-7-11-14-15-16-17(11)10-5-3-4-9(12)6-10/h3-6,8,13H,7H2,1-2H3. The van der Waals surface area contributed by atoms with Crippen LogP contribution in [0.3, 0.4) is 0 Å². The monoisotopic (exact) mass is 295 g/mol. The molecule has 6 heteroatoms. The molecule has 0 amide bonds. The van der Waals surface area contributed by atoms with Crippen LogP contribution in [0.4, 0.5) is 0 Å². The fourth-order valence-corrected chi connectivity index (χ4v) is 1.81. The van der Waals surface area contributed by atoms with Gasteiger partial charge in [-0.3, -0.25) is 0 Å². The predicted molar refractivity (Wildman–Crippen MR) is 68.8 cm³/mol. The first-order chi connectivity index (χ1) is 8.16. The SMILES string of the molecule is CC(C)NCc1nnnn1-c1cccc(Br)c1. The average molecular weight is 296 g/mol. The van der Waals surface area contributed by atoms with Gasteiger partial charge in [-0.15, -0.1) is 5.10 Å².